The summed E-state index contributed by atoms with van der Waals surface area (Å²) in [5.74, 6) is 2.14. The van der Waals surface area contributed by atoms with Crippen LogP contribution in [-0.2, 0) is 17.8 Å². The van der Waals surface area contributed by atoms with Crippen LogP contribution in [0, 0.1) is 6.92 Å². The highest BCUT2D eigenvalue weighted by Crippen LogP contribution is 2.18. The lowest BCUT2D eigenvalue weighted by molar-refractivity contribution is -0.0342. The number of hydrogen-bond acceptors (Lipinski definition) is 4. The van der Waals surface area contributed by atoms with Crippen molar-refractivity contribution in [1.29, 1.82) is 0 Å². The molecule has 1 aliphatic heterocycles. The first-order valence-electron chi connectivity index (χ1n) is 7.35. The Labute approximate surface area is 116 Å². The summed E-state index contributed by atoms with van der Waals surface area (Å²) in [6.07, 6.45) is 1.46. The van der Waals surface area contributed by atoms with Gasteiger partial charge in [-0.15, -0.1) is 0 Å². The molecule has 0 aromatic carbocycles. The summed E-state index contributed by atoms with van der Waals surface area (Å²) in [7, 11) is 0. The Balaban J connectivity index is 1.91. The Hall–Kier alpha value is -0.840. The first kappa shape index (κ1) is 14.6. The third kappa shape index (κ3) is 4.06. The Morgan fingerprint density at radius 1 is 1.42 bits per heavy atom. The van der Waals surface area contributed by atoms with Crippen LogP contribution in [0.15, 0.2) is 10.5 Å². The molecule has 1 unspecified atom stereocenters. The average Bonchev–Trinajstić information content (AvgIpc) is 2.76. The number of ether oxygens (including phenoxy) is 1. The lowest BCUT2D eigenvalue weighted by Crippen LogP contribution is -2.41. The van der Waals surface area contributed by atoms with Gasteiger partial charge in [0.2, 0.25) is 0 Å². The topological polar surface area (TPSA) is 37.6 Å². The molecule has 1 aromatic rings. The van der Waals surface area contributed by atoms with Crippen molar-refractivity contribution in [3.05, 3.63) is 23.2 Å². The maximum Gasteiger partial charge on any atom is 0.120 e. The largest absolute Gasteiger partial charge is 0.463 e. The maximum absolute atomic E-state index is 5.94. The second-order valence-electron chi connectivity index (χ2n) is 5.24. The standard InChI is InChI=1S/C15H26N2O2/c1-4-13-10-17(6-7-18-13)11-14-8-12(3)15(19-14)9-16-5-2/h8,13,16H,4-7,9-11H2,1-3H3. The predicted octanol–water partition coefficient (Wildman–Crippen LogP) is 2.31. The van der Waals surface area contributed by atoms with Gasteiger partial charge in [0, 0.05) is 13.1 Å². The van der Waals surface area contributed by atoms with Crippen molar-refractivity contribution in [2.45, 2.75) is 46.4 Å². The molecular weight excluding hydrogens is 240 g/mol. The molecule has 2 rings (SSSR count). The molecule has 19 heavy (non-hydrogen) atoms. The molecule has 1 atom stereocenters. The molecule has 0 spiro atoms. The van der Waals surface area contributed by atoms with Crippen LogP contribution in [-0.4, -0.2) is 37.2 Å². The van der Waals surface area contributed by atoms with Crippen molar-refractivity contribution in [3.63, 3.8) is 0 Å². The Bertz CT molecular complexity index is 389. The molecule has 4 heteroatoms. The normalized spacial score (nSPS) is 20.9. The molecule has 1 aromatic heterocycles. The van der Waals surface area contributed by atoms with Crippen molar-refractivity contribution < 1.29 is 9.15 Å². The van der Waals surface area contributed by atoms with Crippen LogP contribution in [0.3, 0.4) is 0 Å². The van der Waals surface area contributed by atoms with Gasteiger partial charge in [0.15, 0.2) is 0 Å². The van der Waals surface area contributed by atoms with Crippen molar-refractivity contribution in [2.75, 3.05) is 26.2 Å². The van der Waals surface area contributed by atoms with Crippen LogP contribution in [0.4, 0.5) is 0 Å². The van der Waals surface area contributed by atoms with Crippen LogP contribution < -0.4 is 5.32 Å². The minimum Gasteiger partial charge on any atom is -0.463 e. The molecule has 1 N–H and O–H groups in total. The van der Waals surface area contributed by atoms with Crippen LogP contribution in [0.25, 0.3) is 0 Å². The van der Waals surface area contributed by atoms with Crippen molar-refractivity contribution in [2.24, 2.45) is 0 Å². The van der Waals surface area contributed by atoms with Crippen molar-refractivity contribution in [3.8, 4) is 0 Å². The van der Waals surface area contributed by atoms with E-state index in [2.05, 4.69) is 37.1 Å². The van der Waals surface area contributed by atoms with Gasteiger partial charge in [0.05, 0.1) is 25.8 Å². The van der Waals surface area contributed by atoms with Gasteiger partial charge in [-0.1, -0.05) is 13.8 Å². The van der Waals surface area contributed by atoms with Gasteiger partial charge in [0.1, 0.15) is 11.5 Å². The van der Waals surface area contributed by atoms with Gasteiger partial charge in [-0.25, -0.2) is 0 Å². The number of morpholine rings is 1. The highest BCUT2D eigenvalue weighted by atomic mass is 16.5. The fraction of sp³-hybridized carbons (Fsp3) is 0.733. The summed E-state index contributed by atoms with van der Waals surface area (Å²) in [6, 6.07) is 2.17. The number of rotatable bonds is 6. The third-order valence-corrected chi connectivity index (χ3v) is 3.66. The Morgan fingerprint density at radius 2 is 2.26 bits per heavy atom. The van der Waals surface area contributed by atoms with Gasteiger partial charge in [-0.2, -0.15) is 0 Å². The van der Waals surface area contributed by atoms with E-state index in [1.807, 2.05) is 0 Å². The lowest BCUT2D eigenvalue weighted by atomic mass is 10.2. The summed E-state index contributed by atoms with van der Waals surface area (Å²) in [5.41, 5.74) is 1.25. The molecule has 0 bridgehead atoms. The first-order valence-corrected chi connectivity index (χ1v) is 7.35. The Kier molecular flexibility index (Phi) is 5.43. The van der Waals surface area contributed by atoms with E-state index in [0.717, 1.165) is 57.3 Å². The van der Waals surface area contributed by atoms with E-state index < -0.39 is 0 Å². The molecule has 0 saturated carbocycles. The van der Waals surface area contributed by atoms with Crippen molar-refractivity contribution in [1.82, 2.24) is 10.2 Å². The number of nitrogens with zero attached hydrogens (tertiary/aromatic N) is 1. The number of furan rings is 1. The van der Waals surface area contributed by atoms with E-state index in [1.54, 1.807) is 0 Å². The van der Waals surface area contributed by atoms with Crippen molar-refractivity contribution >= 4 is 0 Å². The van der Waals surface area contributed by atoms with E-state index in [9.17, 15) is 0 Å². The smallest absolute Gasteiger partial charge is 0.120 e. The van der Waals surface area contributed by atoms with E-state index >= 15 is 0 Å². The summed E-state index contributed by atoms with van der Waals surface area (Å²) in [5, 5.41) is 3.31. The zero-order chi connectivity index (χ0) is 13.7. The second kappa shape index (κ2) is 7.08. The number of nitrogens with one attached hydrogen (secondary N) is 1. The molecule has 1 fully saturated rings. The highest BCUT2D eigenvalue weighted by Gasteiger charge is 2.20. The van der Waals surface area contributed by atoms with Crippen LogP contribution in [0.1, 0.15) is 37.4 Å². The van der Waals surface area contributed by atoms with Gasteiger partial charge in [0.25, 0.3) is 0 Å². The molecule has 108 valence electrons. The van der Waals surface area contributed by atoms with Crippen LogP contribution in [0.2, 0.25) is 0 Å². The first-order chi connectivity index (χ1) is 9.22. The van der Waals surface area contributed by atoms with E-state index in [4.69, 9.17) is 9.15 Å². The lowest BCUT2D eigenvalue weighted by Gasteiger charge is -2.31. The summed E-state index contributed by atoms with van der Waals surface area (Å²) >= 11 is 0. The molecule has 0 radical (unpaired) electrons. The summed E-state index contributed by atoms with van der Waals surface area (Å²) < 4.78 is 11.6. The van der Waals surface area contributed by atoms with E-state index in [1.165, 1.54) is 5.56 Å². The fourth-order valence-corrected chi connectivity index (χ4v) is 2.47. The number of hydrogen-bond donors (Lipinski definition) is 1. The number of aryl methyl sites for hydroxylation is 1. The molecule has 4 nitrogen and oxygen atoms in total. The fourth-order valence-electron chi connectivity index (χ4n) is 2.47. The SMILES string of the molecule is CCNCc1oc(CN2CCOC(CC)C2)cc1C. The van der Waals surface area contributed by atoms with Crippen LogP contribution >= 0.6 is 0 Å². The molecule has 1 saturated heterocycles. The second-order valence-corrected chi connectivity index (χ2v) is 5.24. The monoisotopic (exact) mass is 266 g/mol. The summed E-state index contributed by atoms with van der Waals surface area (Å²) in [4.78, 5) is 2.42. The molecule has 2 heterocycles. The van der Waals surface area contributed by atoms with Gasteiger partial charge < -0.3 is 14.5 Å². The zero-order valence-corrected chi connectivity index (χ0v) is 12.4. The zero-order valence-electron chi connectivity index (χ0n) is 12.4. The van der Waals surface area contributed by atoms with Gasteiger partial charge in [-0.05, 0) is 31.5 Å². The summed E-state index contributed by atoms with van der Waals surface area (Å²) in [6.45, 7) is 11.9. The predicted molar refractivity (Wildman–Crippen MR) is 76.1 cm³/mol. The van der Waals surface area contributed by atoms with E-state index in [-0.39, 0.29) is 0 Å². The molecular formula is C15H26N2O2. The average molecular weight is 266 g/mol. The highest BCUT2D eigenvalue weighted by molar-refractivity contribution is 5.20. The maximum atomic E-state index is 5.94. The minimum absolute atomic E-state index is 0.381. The molecule has 1 aliphatic rings. The van der Waals surface area contributed by atoms with Gasteiger partial charge in [-0.3, -0.25) is 4.90 Å². The van der Waals surface area contributed by atoms with Crippen LogP contribution in [0.5, 0.6) is 0 Å². The third-order valence-electron chi connectivity index (χ3n) is 3.66. The van der Waals surface area contributed by atoms with Gasteiger partial charge >= 0.3 is 0 Å². The molecule has 0 aliphatic carbocycles. The Morgan fingerprint density at radius 3 is 3.00 bits per heavy atom. The van der Waals surface area contributed by atoms with E-state index in [0.29, 0.717) is 6.10 Å². The molecule has 0 amide bonds. The quantitative estimate of drug-likeness (QED) is 0.857. The minimum atomic E-state index is 0.381.